The Labute approximate surface area is 79.4 Å². The number of aromatic nitrogens is 3. The van der Waals surface area contributed by atoms with Crippen LogP contribution in [0.15, 0.2) is 6.33 Å². The first-order chi connectivity index (χ1) is 4.22. The van der Waals surface area contributed by atoms with Crippen LogP contribution in [0.4, 0.5) is 0 Å². The number of aromatic carboxylic acids is 1. The second-order valence-electron chi connectivity index (χ2n) is 1.49. The van der Waals surface area contributed by atoms with Gasteiger partial charge in [0.2, 0.25) is 0 Å². The molecule has 1 aromatic heterocycles. The predicted octanol–water partition coefficient (Wildman–Crippen LogP) is -4.82. The van der Waals surface area contributed by atoms with Crippen molar-refractivity contribution in [3.05, 3.63) is 12.2 Å². The number of carbonyl (C=O) groups excluding carboxylic acids is 1. The molecule has 0 N–H and O–H groups in total. The molecule has 1 aromatic rings. The summed E-state index contributed by atoms with van der Waals surface area (Å²) < 4.78 is 1.13. The van der Waals surface area contributed by atoms with Crippen LogP contribution < -0.4 is 34.7 Å². The fraction of sp³-hybridized carbons (Fsp3) is 0.250. The minimum absolute atomic E-state index is 0. The number of nitrogens with zero attached hydrogens (tertiary/aromatic N) is 3. The SMILES string of the molecule is Cn1ncnc1C(=O)[O-].[Na+]. The number of hydrogen-bond donors (Lipinski definition) is 0. The van der Waals surface area contributed by atoms with Gasteiger partial charge >= 0.3 is 29.6 Å². The molecule has 0 saturated carbocycles. The van der Waals surface area contributed by atoms with Gasteiger partial charge in [-0.1, -0.05) is 0 Å². The van der Waals surface area contributed by atoms with E-state index in [1.54, 1.807) is 0 Å². The molecule has 0 aliphatic heterocycles. The number of rotatable bonds is 1. The first kappa shape index (κ1) is 9.61. The van der Waals surface area contributed by atoms with Gasteiger partial charge in [0.05, 0.1) is 0 Å². The first-order valence-corrected chi connectivity index (χ1v) is 2.27. The third kappa shape index (κ3) is 1.80. The normalized spacial score (nSPS) is 8.50. The van der Waals surface area contributed by atoms with E-state index in [0.29, 0.717) is 0 Å². The Morgan fingerprint density at radius 3 is 2.60 bits per heavy atom. The molecular formula is C4H4N3NaO2. The number of hydrogen-bond acceptors (Lipinski definition) is 4. The van der Waals surface area contributed by atoms with Gasteiger partial charge in [0.15, 0.2) is 5.82 Å². The zero-order valence-electron chi connectivity index (χ0n) is 5.74. The van der Waals surface area contributed by atoms with Crippen molar-refractivity contribution in [2.45, 2.75) is 0 Å². The molecule has 0 radical (unpaired) electrons. The van der Waals surface area contributed by atoms with E-state index in [1.165, 1.54) is 7.05 Å². The summed E-state index contributed by atoms with van der Waals surface area (Å²) in [6.45, 7) is 0. The number of carbonyl (C=O) groups is 1. The summed E-state index contributed by atoms with van der Waals surface area (Å²) in [5, 5.41) is 13.6. The summed E-state index contributed by atoms with van der Waals surface area (Å²) in [5.74, 6) is -1.47. The third-order valence-electron chi connectivity index (χ3n) is 0.894. The van der Waals surface area contributed by atoms with E-state index >= 15 is 0 Å². The molecule has 0 bridgehead atoms. The summed E-state index contributed by atoms with van der Waals surface area (Å²) in [6, 6.07) is 0. The Morgan fingerprint density at radius 1 is 1.80 bits per heavy atom. The van der Waals surface area contributed by atoms with Gasteiger partial charge in [0, 0.05) is 7.05 Å². The molecule has 0 aliphatic carbocycles. The minimum atomic E-state index is -1.31. The standard InChI is InChI=1S/C4H5N3O2.Na/c1-7-3(4(8)9)5-2-6-7;/h2H,1H3,(H,8,9);/q;+1/p-1. The average molecular weight is 149 g/mol. The van der Waals surface area contributed by atoms with Gasteiger partial charge in [-0.2, -0.15) is 5.10 Å². The molecule has 0 aromatic carbocycles. The molecule has 0 atom stereocenters. The minimum Gasteiger partial charge on any atom is -0.542 e. The maximum Gasteiger partial charge on any atom is 1.00 e. The Balaban J connectivity index is 0.000000810. The number of aryl methyl sites for hydroxylation is 1. The molecule has 0 aliphatic rings. The van der Waals surface area contributed by atoms with Crippen LogP contribution in [0.1, 0.15) is 10.6 Å². The van der Waals surface area contributed by atoms with Crippen LogP contribution in [-0.2, 0) is 7.05 Å². The second kappa shape index (κ2) is 3.70. The van der Waals surface area contributed by atoms with E-state index in [9.17, 15) is 9.90 Å². The van der Waals surface area contributed by atoms with Crippen LogP contribution in [0.3, 0.4) is 0 Å². The largest absolute Gasteiger partial charge is 1.00 e. The van der Waals surface area contributed by atoms with Gasteiger partial charge < -0.3 is 9.90 Å². The zero-order valence-corrected chi connectivity index (χ0v) is 7.74. The molecule has 0 saturated heterocycles. The summed E-state index contributed by atoms with van der Waals surface area (Å²) in [7, 11) is 1.48. The van der Waals surface area contributed by atoms with E-state index in [0.717, 1.165) is 11.0 Å². The molecule has 0 fully saturated rings. The van der Waals surface area contributed by atoms with E-state index in [1.807, 2.05) is 0 Å². The van der Waals surface area contributed by atoms with E-state index < -0.39 is 5.97 Å². The van der Waals surface area contributed by atoms with Crippen LogP contribution >= 0.6 is 0 Å². The predicted molar refractivity (Wildman–Crippen MR) is 25.3 cm³/mol. The molecule has 0 unspecified atom stereocenters. The Hall–Kier alpha value is -0.390. The Bertz CT molecular complexity index is 234. The average Bonchev–Trinajstić information content (AvgIpc) is 2.13. The summed E-state index contributed by atoms with van der Waals surface area (Å²) in [5.41, 5.74) is 0. The first-order valence-electron chi connectivity index (χ1n) is 2.27. The molecule has 10 heavy (non-hydrogen) atoms. The van der Waals surface area contributed by atoms with Gasteiger partial charge in [0.25, 0.3) is 0 Å². The van der Waals surface area contributed by atoms with Gasteiger partial charge in [-0.25, -0.2) is 9.67 Å². The quantitative estimate of drug-likeness (QED) is 0.375. The fourth-order valence-electron chi connectivity index (χ4n) is 0.481. The molecular weight excluding hydrogens is 145 g/mol. The Kier molecular flexibility index (Phi) is 3.55. The molecule has 0 spiro atoms. The van der Waals surface area contributed by atoms with E-state index in [2.05, 4.69) is 10.1 Å². The van der Waals surface area contributed by atoms with Crippen molar-refractivity contribution in [1.82, 2.24) is 14.8 Å². The van der Waals surface area contributed by atoms with Crippen molar-refractivity contribution in [3.63, 3.8) is 0 Å². The van der Waals surface area contributed by atoms with Crippen molar-refractivity contribution in [3.8, 4) is 0 Å². The van der Waals surface area contributed by atoms with E-state index in [-0.39, 0.29) is 35.4 Å². The van der Waals surface area contributed by atoms with Crippen molar-refractivity contribution < 1.29 is 39.5 Å². The van der Waals surface area contributed by atoms with Crippen molar-refractivity contribution in [1.29, 1.82) is 0 Å². The van der Waals surface area contributed by atoms with Crippen molar-refractivity contribution >= 4 is 5.97 Å². The molecule has 6 heteroatoms. The van der Waals surface area contributed by atoms with Gasteiger partial charge in [-0.05, 0) is 0 Å². The molecule has 1 heterocycles. The third-order valence-corrected chi connectivity index (χ3v) is 0.894. The molecule has 5 nitrogen and oxygen atoms in total. The maximum absolute atomic E-state index is 10.0. The summed E-state index contributed by atoms with van der Waals surface area (Å²) in [4.78, 5) is 13.5. The summed E-state index contributed by atoms with van der Waals surface area (Å²) >= 11 is 0. The van der Waals surface area contributed by atoms with Crippen LogP contribution in [0.2, 0.25) is 0 Å². The zero-order chi connectivity index (χ0) is 6.85. The van der Waals surface area contributed by atoms with Crippen molar-refractivity contribution in [2.75, 3.05) is 0 Å². The van der Waals surface area contributed by atoms with Gasteiger partial charge in [-0.3, -0.25) is 0 Å². The summed E-state index contributed by atoms with van der Waals surface area (Å²) in [6.07, 6.45) is 1.16. The number of carboxylic acids is 1. The molecule has 0 amide bonds. The Morgan fingerprint density at radius 2 is 2.40 bits per heavy atom. The van der Waals surface area contributed by atoms with Crippen LogP contribution in [0.25, 0.3) is 0 Å². The van der Waals surface area contributed by atoms with Crippen molar-refractivity contribution in [2.24, 2.45) is 7.05 Å². The van der Waals surface area contributed by atoms with Gasteiger partial charge in [-0.15, -0.1) is 0 Å². The monoisotopic (exact) mass is 149 g/mol. The molecule has 48 valence electrons. The number of carboxylic acid groups (broad SMARTS) is 1. The van der Waals surface area contributed by atoms with Crippen LogP contribution in [0.5, 0.6) is 0 Å². The smallest absolute Gasteiger partial charge is 0.542 e. The van der Waals surface area contributed by atoms with Crippen LogP contribution in [0, 0.1) is 0 Å². The van der Waals surface area contributed by atoms with E-state index in [4.69, 9.17) is 0 Å². The second-order valence-corrected chi connectivity index (χ2v) is 1.49. The van der Waals surface area contributed by atoms with Gasteiger partial charge in [0.1, 0.15) is 12.3 Å². The topological polar surface area (TPSA) is 70.8 Å². The van der Waals surface area contributed by atoms with Crippen LogP contribution in [-0.4, -0.2) is 20.7 Å². The maximum atomic E-state index is 10.0. The fourth-order valence-corrected chi connectivity index (χ4v) is 0.481. The molecule has 1 rings (SSSR count).